The van der Waals surface area contributed by atoms with Crippen LogP contribution in [0, 0.1) is 0 Å². The molecule has 5 heteroatoms. The molecular formula is C18H29N3O2. The van der Waals surface area contributed by atoms with Crippen LogP contribution in [-0.2, 0) is 4.79 Å². The SMILES string of the molecule is CCCCCCC[C@@H]1C[C@@H]2CCC3=C(C(=O)O)C(C)=NC(N1)N32. The van der Waals surface area contributed by atoms with E-state index < -0.39 is 5.97 Å². The number of carbonyl (C=O) groups is 1. The fourth-order valence-electron chi connectivity index (χ4n) is 4.34. The van der Waals surface area contributed by atoms with Crippen molar-refractivity contribution in [2.24, 2.45) is 4.99 Å². The predicted molar refractivity (Wildman–Crippen MR) is 91.3 cm³/mol. The molecular weight excluding hydrogens is 290 g/mol. The second-order valence-corrected chi connectivity index (χ2v) is 7.12. The third-order valence-electron chi connectivity index (χ3n) is 5.46. The van der Waals surface area contributed by atoms with Crippen molar-refractivity contribution in [3.05, 3.63) is 11.3 Å². The quantitative estimate of drug-likeness (QED) is 0.707. The van der Waals surface area contributed by atoms with Gasteiger partial charge in [0.15, 0.2) is 6.29 Å². The van der Waals surface area contributed by atoms with E-state index in [1.807, 2.05) is 6.92 Å². The Bertz CT molecular complexity index is 526. The third-order valence-corrected chi connectivity index (χ3v) is 5.46. The lowest BCUT2D eigenvalue weighted by Crippen LogP contribution is -2.58. The molecule has 0 bridgehead atoms. The van der Waals surface area contributed by atoms with Gasteiger partial charge in [0, 0.05) is 17.8 Å². The number of carboxylic acids is 1. The molecule has 23 heavy (non-hydrogen) atoms. The van der Waals surface area contributed by atoms with E-state index in [0.717, 1.165) is 25.0 Å². The van der Waals surface area contributed by atoms with Gasteiger partial charge >= 0.3 is 5.97 Å². The lowest BCUT2D eigenvalue weighted by molar-refractivity contribution is -0.132. The molecule has 3 aliphatic rings. The Balaban J connectivity index is 1.63. The molecule has 0 amide bonds. The maximum absolute atomic E-state index is 11.5. The summed E-state index contributed by atoms with van der Waals surface area (Å²) in [5.41, 5.74) is 2.10. The molecule has 0 aromatic rings. The minimum atomic E-state index is -0.835. The molecule has 0 aliphatic carbocycles. The molecule has 3 rings (SSSR count). The summed E-state index contributed by atoms with van der Waals surface area (Å²) >= 11 is 0. The first kappa shape index (κ1) is 16.5. The minimum Gasteiger partial charge on any atom is -0.478 e. The van der Waals surface area contributed by atoms with Crippen molar-refractivity contribution in [3.8, 4) is 0 Å². The summed E-state index contributed by atoms with van der Waals surface area (Å²) in [6.07, 6.45) is 10.8. The maximum Gasteiger partial charge on any atom is 0.339 e. The lowest BCUT2D eigenvalue weighted by atomic mass is 9.96. The summed E-state index contributed by atoms with van der Waals surface area (Å²) in [5.74, 6) is -0.835. The highest BCUT2D eigenvalue weighted by Gasteiger charge is 2.44. The summed E-state index contributed by atoms with van der Waals surface area (Å²) in [6.45, 7) is 4.08. The van der Waals surface area contributed by atoms with E-state index in [2.05, 4.69) is 22.1 Å². The molecule has 3 atom stereocenters. The Morgan fingerprint density at radius 2 is 2.13 bits per heavy atom. The van der Waals surface area contributed by atoms with Crippen LogP contribution >= 0.6 is 0 Å². The Hall–Kier alpha value is -1.36. The van der Waals surface area contributed by atoms with Crippen LogP contribution in [0.5, 0.6) is 0 Å². The molecule has 0 radical (unpaired) electrons. The van der Waals surface area contributed by atoms with Gasteiger partial charge in [-0.15, -0.1) is 0 Å². The number of unbranched alkanes of at least 4 members (excludes halogenated alkanes) is 4. The van der Waals surface area contributed by atoms with E-state index in [9.17, 15) is 9.90 Å². The monoisotopic (exact) mass is 319 g/mol. The zero-order valence-corrected chi connectivity index (χ0v) is 14.3. The lowest BCUT2D eigenvalue weighted by Gasteiger charge is -2.45. The fraction of sp³-hybridized carbons (Fsp3) is 0.778. The van der Waals surface area contributed by atoms with Crippen LogP contribution in [0.4, 0.5) is 0 Å². The van der Waals surface area contributed by atoms with Gasteiger partial charge in [0.05, 0.1) is 11.3 Å². The van der Waals surface area contributed by atoms with E-state index in [1.165, 1.54) is 38.5 Å². The van der Waals surface area contributed by atoms with Gasteiger partial charge in [-0.3, -0.25) is 5.32 Å². The fourth-order valence-corrected chi connectivity index (χ4v) is 4.34. The number of allylic oxidation sites excluding steroid dienone is 1. The third kappa shape index (κ3) is 3.30. The number of nitrogens with one attached hydrogen (secondary N) is 1. The number of hydrogen-bond acceptors (Lipinski definition) is 4. The van der Waals surface area contributed by atoms with Crippen molar-refractivity contribution in [1.82, 2.24) is 10.2 Å². The molecule has 2 saturated heterocycles. The van der Waals surface area contributed by atoms with Gasteiger partial charge in [-0.2, -0.15) is 0 Å². The van der Waals surface area contributed by atoms with Crippen LogP contribution < -0.4 is 5.32 Å². The Labute approximate surface area is 138 Å². The van der Waals surface area contributed by atoms with Gasteiger partial charge in [-0.05, 0) is 32.6 Å². The van der Waals surface area contributed by atoms with Crippen molar-refractivity contribution in [1.29, 1.82) is 0 Å². The summed E-state index contributed by atoms with van der Waals surface area (Å²) in [6, 6.07) is 0.980. The second-order valence-electron chi connectivity index (χ2n) is 7.12. The molecule has 3 aliphatic heterocycles. The highest BCUT2D eigenvalue weighted by Crippen LogP contribution is 2.40. The predicted octanol–water partition coefficient (Wildman–Crippen LogP) is 3.27. The molecule has 1 unspecified atom stereocenters. The molecule has 2 fully saturated rings. The van der Waals surface area contributed by atoms with Crippen LogP contribution in [0.1, 0.15) is 71.6 Å². The number of carboxylic acid groups (broad SMARTS) is 1. The van der Waals surface area contributed by atoms with E-state index in [4.69, 9.17) is 0 Å². The van der Waals surface area contributed by atoms with Crippen molar-refractivity contribution < 1.29 is 9.90 Å². The number of hydrogen-bond donors (Lipinski definition) is 2. The molecule has 5 nitrogen and oxygen atoms in total. The van der Waals surface area contributed by atoms with E-state index in [1.54, 1.807) is 0 Å². The molecule has 2 N–H and O–H groups in total. The first-order chi connectivity index (χ1) is 11.1. The van der Waals surface area contributed by atoms with Gasteiger partial charge in [0.2, 0.25) is 0 Å². The second kappa shape index (κ2) is 7.04. The Kier molecular flexibility index (Phi) is 5.05. The Morgan fingerprint density at radius 3 is 2.87 bits per heavy atom. The zero-order chi connectivity index (χ0) is 16.4. The van der Waals surface area contributed by atoms with Gasteiger partial charge < -0.3 is 10.0 Å². The summed E-state index contributed by atoms with van der Waals surface area (Å²) in [7, 11) is 0. The highest BCUT2D eigenvalue weighted by atomic mass is 16.4. The largest absolute Gasteiger partial charge is 0.478 e. The van der Waals surface area contributed by atoms with Crippen molar-refractivity contribution in [3.63, 3.8) is 0 Å². The summed E-state index contributed by atoms with van der Waals surface area (Å²) < 4.78 is 0. The number of rotatable bonds is 7. The molecule has 0 aromatic heterocycles. The van der Waals surface area contributed by atoms with E-state index in [-0.39, 0.29) is 6.29 Å². The smallest absolute Gasteiger partial charge is 0.339 e. The van der Waals surface area contributed by atoms with Gasteiger partial charge in [-0.25, -0.2) is 9.79 Å². The van der Waals surface area contributed by atoms with E-state index >= 15 is 0 Å². The molecule has 0 saturated carbocycles. The normalized spacial score (nSPS) is 29.6. The highest BCUT2D eigenvalue weighted by molar-refractivity contribution is 6.19. The van der Waals surface area contributed by atoms with Crippen molar-refractivity contribution in [2.75, 3.05) is 0 Å². The van der Waals surface area contributed by atoms with Crippen LogP contribution in [0.2, 0.25) is 0 Å². The Morgan fingerprint density at radius 1 is 1.35 bits per heavy atom. The maximum atomic E-state index is 11.5. The van der Waals surface area contributed by atoms with Gasteiger partial charge in [0.1, 0.15) is 0 Å². The zero-order valence-electron chi connectivity index (χ0n) is 14.3. The van der Waals surface area contributed by atoms with Crippen LogP contribution in [0.25, 0.3) is 0 Å². The standard InChI is InChI=1S/C18H29N3O2/c1-3-4-5-6-7-8-13-11-14-9-10-15-16(17(22)23)12(2)19-18(20-13)21(14)15/h13-14,18,20H,3-11H2,1-2H3,(H,22,23)/t13-,14+,18?/m1/s1. The molecule has 128 valence electrons. The summed E-state index contributed by atoms with van der Waals surface area (Å²) in [4.78, 5) is 18.4. The van der Waals surface area contributed by atoms with Gasteiger partial charge in [0.25, 0.3) is 0 Å². The first-order valence-electron chi connectivity index (χ1n) is 9.17. The summed E-state index contributed by atoms with van der Waals surface area (Å²) in [5, 5.41) is 13.1. The molecule has 3 heterocycles. The average Bonchev–Trinajstić information content (AvgIpc) is 2.91. The topological polar surface area (TPSA) is 64.9 Å². The average molecular weight is 319 g/mol. The van der Waals surface area contributed by atoms with Crippen LogP contribution in [0.15, 0.2) is 16.3 Å². The molecule has 0 spiro atoms. The van der Waals surface area contributed by atoms with Crippen molar-refractivity contribution in [2.45, 2.75) is 90.0 Å². The minimum absolute atomic E-state index is 0.0463. The first-order valence-corrected chi connectivity index (χ1v) is 9.17. The molecule has 0 aromatic carbocycles. The van der Waals surface area contributed by atoms with E-state index in [0.29, 0.717) is 23.4 Å². The van der Waals surface area contributed by atoms with Gasteiger partial charge in [-0.1, -0.05) is 39.0 Å². The number of nitrogens with zero attached hydrogens (tertiary/aromatic N) is 2. The number of aliphatic imine (C=N–C) groups is 1. The van der Waals surface area contributed by atoms with Crippen LogP contribution in [-0.4, -0.2) is 40.1 Å². The van der Waals surface area contributed by atoms with Crippen LogP contribution in [0.3, 0.4) is 0 Å². The van der Waals surface area contributed by atoms with Crippen molar-refractivity contribution >= 4 is 11.7 Å². The number of aliphatic carboxylic acids is 1.